The van der Waals surface area contributed by atoms with E-state index in [1.807, 2.05) is 0 Å². The van der Waals surface area contributed by atoms with Crippen molar-refractivity contribution in [3.8, 4) is 6.07 Å². The smallest absolute Gasteiger partial charge is 0.344 e. The molecule has 0 aliphatic rings. The predicted molar refractivity (Wildman–Crippen MR) is 61.4 cm³/mol. The van der Waals surface area contributed by atoms with E-state index in [4.69, 9.17) is 5.26 Å². The predicted octanol–water partition coefficient (Wildman–Crippen LogP) is 2.59. The fourth-order valence-corrected chi connectivity index (χ4v) is 1.52. The average molecular weight is 271 g/mol. The average Bonchev–Trinajstić information content (AvgIpc) is 2.46. The summed E-state index contributed by atoms with van der Waals surface area (Å²) in [6, 6.07) is 6.38. The van der Waals surface area contributed by atoms with Gasteiger partial charge >= 0.3 is 5.97 Å². The molecule has 1 rings (SSSR count). The number of hydrogen-bond donors (Lipinski definition) is 0. The van der Waals surface area contributed by atoms with Crippen LogP contribution in [0.2, 0.25) is 0 Å². The SMILES string of the molecule is CCOC(=O)C(F)C(F)(CF)c1ccc(C#N)cc1. The van der Waals surface area contributed by atoms with E-state index >= 15 is 0 Å². The molecule has 2 unspecified atom stereocenters. The molecule has 0 bridgehead atoms. The van der Waals surface area contributed by atoms with Crippen LogP contribution in [0.5, 0.6) is 0 Å². The molecular weight excluding hydrogens is 259 g/mol. The van der Waals surface area contributed by atoms with Crippen LogP contribution in [-0.4, -0.2) is 25.4 Å². The van der Waals surface area contributed by atoms with Crippen molar-refractivity contribution in [3.05, 3.63) is 35.4 Å². The molecule has 2 atom stereocenters. The Morgan fingerprint density at radius 3 is 2.47 bits per heavy atom. The number of ether oxygens (including phenoxy) is 1. The van der Waals surface area contributed by atoms with Crippen LogP contribution in [0.25, 0.3) is 0 Å². The van der Waals surface area contributed by atoms with Crippen molar-refractivity contribution in [1.82, 2.24) is 0 Å². The van der Waals surface area contributed by atoms with Gasteiger partial charge in [-0.25, -0.2) is 18.0 Å². The number of benzene rings is 1. The van der Waals surface area contributed by atoms with Crippen LogP contribution >= 0.6 is 0 Å². The molecule has 0 aromatic heterocycles. The Bertz CT molecular complexity index is 484. The van der Waals surface area contributed by atoms with Gasteiger partial charge in [0.05, 0.1) is 18.2 Å². The van der Waals surface area contributed by atoms with E-state index < -0.39 is 24.5 Å². The minimum atomic E-state index is -3.11. The Morgan fingerprint density at radius 2 is 2.05 bits per heavy atom. The monoisotopic (exact) mass is 271 g/mol. The van der Waals surface area contributed by atoms with E-state index in [9.17, 15) is 18.0 Å². The number of halogens is 3. The van der Waals surface area contributed by atoms with E-state index in [0.29, 0.717) is 0 Å². The molecule has 102 valence electrons. The highest BCUT2D eigenvalue weighted by molar-refractivity contribution is 5.76. The number of nitrogens with zero attached hydrogens (tertiary/aromatic N) is 1. The number of alkyl halides is 3. The molecule has 0 heterocycles. The first-order chi connectivity index (χ1) is 8.99. The van der Waals surface area contributed by atoms with Crippen molar-refractivity contribution < 1.29 is 22.7 Å². The lowest BCUT2D eigenvalue weighted by Gasteiger charge is -2.25. The highest BCUT2D eigenvalue weighted by Gasteiger charge is 2.47. The van der Waals surface area contributed by atoms with Gasteiger partial charge in [-0.1, -0.05) is 12.1 Å². The lowest BCUT2D eigenvalue weighted by Crippen LogP contribution is -2.41. The molecular formula is C13H12F3NO2. The summed E-state index contributed by atoms with van der Waals surface area (Å²) in [5.74, 6) is -1.45. The number of carbonyl (C=O) groups is 1. The van der Waals surface area contributed by atoms with Gasteiger partial charge in [-0.15, -0.1) is 0 Å². The molecule has 6 heteroatoms. The van der Waals surface area contributed by atoms with Crippen LogP contribution in [0.4, 0.5) is 13.2 Å². The normalized spacial score (nSPS) is 15.1. The van der Waals surface area contributed by atoms with Crippen LogP contribution < -0.4 is 0 Å². The third kappa shape index (κ3) is 3.05. The summed E-state index contributed by atoms with van der Waals surface area (Å²) >= 11 is 0. The van der Waals surface area contributed by atoms with E-state index in [1.54, 1.807) is 6.07 Å². The zero-order valence-electron chi connectivity index (χ0n) is 10.2. The van der Waals surface area contributed by atoms with Crippen molar-refractivity contribution in [2.24, 2.45) is 0 Å². The van der Waals surface area contributed by atoms with Crippen molar-refractivity contribution in [2.45, 2.75) is 18.8 Å². The van der Waals surface area contributed by atoms with Gasteiger partial charge in [0.1, 0.15) is 6.67 Å². The first-order valence-electron chi connectivity index (χ1n) is 5.55. The summed E-state index contributed by atoms with van der Waals surface area (Å²) < 4.78 is 45.3. The molecule has 0 radical (unpaired) electrons. The topological polar surface area (TPSA) is 50.1 Å². The van der Waals surface area contributed by atoms with Gasteiger partial charge in [-0.3, -0.25) is 0 Å². The van der Waals surface area contributed by atoms with Crippen LogP contribution in [-0.2, 0) is 15.2 Å². The van der Waals surface area contributed by atoms with Crippen LogP contribution in [0.15, 0.2) is 24.3 Å². The van der Waals surface area contributed by atoms with Crippen LogP contribution in [0, 0.1) is 11.3 Å². The molecule has 0 saturated heterocycles. The van der Waals surface area contributed by atoms with Crippen molar-refractivity contribution in [3.63, 3.8) is 0 Å². The van der Waals surface area contributed by atoms with Gasteiger partial charge in [0.2, 0.25) is 11.8 Å². The number of rotatable bonds is 5. The van der Waals surface area contributed by atoms with Gasteiger partial charge in [-0.05, 0) is 24.6 Å². The molecule has 0 saturated carbocycles. The number of nitriles is 1. The summed E-state index contributed by atoms with van der Waals surface area (Å²) in [6.45, 7) is -0.407. The van der Waals surface area contributed by atoms with Crippen LogP contribution in [0.1, 0.15) is 18.1 Å². The maximum atomic E-state index is 14.3. The largest absolute Gasteiger partial charge is 0.464 e. The standard InChI is InChI=1S/C13H12F3NO2/c1-2-19-12(18)11(15)13(16,8-14)10-5-3-9(7-17)4-6-10/h3-6,11H,2,8H2,1H3. The Kier molecular flexibility index (Phi) is 4.93. The van der Waals surface area contributed by atoms with Gasteiger partial charge in [-0.2, -0.15) is 5.26 Å². The van der Waals surface area contributed by atoms with Crippen molar-refractivity contribution >= 4 is 5.97 Å². The van der Waals surface area contributed by atoms with E-state index in [-0.39, 0.29) is 17.7 Å². The summed E-state index contributed by atoms with van der Waals surface area (Å²) in [6.07, 6.45) is -2.76. The molecule has 0 N–H and O–H groups in total. The second-order valence-electron chi connectivity index (χ2n) is 3.80. The second kappa shape index (κ2) is 6.23. The molecule has 3 nitrogen and oxygen atoms in total. The molecule has 1 aromatic rings. The lowest BCUT2D eigenvalue weighted by atomic mass is 9.91. The van der Waals surface area contributed by atoms with Crippen LogP contribution in [0.3, 0.4) is 0 Å². The second-order valence-corrected chi connectivity index (χ2v) is 3.80. The molecule has 0 spiro atoms. The summed E-state index contributed by atoms with van der Waals surface area (Å²) in [7, 11) is 0. The number of hydrogen-bond acceptors (Lipinski definition) is 3. The van der Waals surface area contributed by atoms with E-state index in [2.05, 4.69) is 4.74 Å². The van der Waals surface area contributed by atoms with E-state index in [0.717, 1.165) is 12.1 Å². The highest BCUT2D eigenvalue weighted by atomic mass is 19.2. The summed E-state index contributed by atoms with van der Waals surface area (Å²) in [4.78, 5) is 11.2. The Balaban J connectivity index is 3.08. The molecule has 19 heavy (non-hydrogen) atoms. The molecule has 0 aliphatic heterocycles. The van der Waals surface area contributed by atoms with Gasteiger partial charge in [0.25, 0.3) is 0 Å². The summed E-state index contributed by atoms with van der Waals surface area (Å²) in [5.41, 5.74) is -3.24. The lowest BCUT2D eigenvalue weighted by molar-refractivity contribution is -0.157. The minimum absolute atomic E-state index is 0.130. The zero-order valence-corrected chi connectivity index (χ0v) is 10.2. The van der Waals surface area contributed by atoms with Gasteiger partial charge < -0.3 is 4.74 Å². The maximum absolute atomic E-state index is 14.3. The first-order valence-corrected chi connectivity index (χ1v) is 5.55. The molecule has 0 amide bonds. The zero-order chi connectivity index (χ0) is 14.5. The van der Waals surface area contributed by atoms with Gasteiger partial charge in [0, 0.05) is 0 Å². The minimum Gasteiger partial charge on any atom is -0.464 e. The highest BCUT2D eigenvalue weighted by Crippen LogP contribution is 2.33. The molecule has 1 aromatic carbocycles. The first kappa shape index (κ1) is 15.0. The fraction of sp³-hybridized carbons (Fsp3) is 0.385. The Labute approximate surface area is 108 Å². The fourth-order valence-electron chi connectivity index (χ4n) is 1.52. The third-order valence-electron chi connectivity index (χ3n) is 2.58. The maximum Gasteiger partial charge on any atom is 0.344 e. The Hall–Kier alpha value is -2.03. The summed E-state index contributed by atoms with van der Waals surface area (Å²) in [5, 5.41) is 8.59. The van der Waals surface area contributed by atoms with Crippen molar-refractivity contribution in [1.29, 1.82) is 5.26 Å². The number of carbonyl (C=O) groups excluding carboxylic acids is 1. The van der Waals surface area contributed by atoms with Gasteiger partial charge in [0.15, 0.2) is 0 Å². The third-order valence-corrected chi connectivity index (χ3v) is 2.58. The molecule has 0 fully saturated rings. The van der Waals surface area contributed by atoms with Crippen molar-refractivity contribution in [2.75, 3.05) is 13.3 Å². The quantitative estimate of drug-likeness (QED) is 0.773. The number of esters is 1. The Morgan fingerprint density at radius 1 is 1.47 bits per heavy atom. The van der Waals surface area contributed by atoms with E-state index in [1.165, 1.54) is 19.1 Å². The molecule has 0 aliphatic carbocycles.